The predicted octanol–water partition coefficient (Wildman–Crippen LogP) is 4.46. The highest BCUT2D eigenvalue weighted by Gasteiger charge is 2.64. The summed E-state index contributed by atoms with van der Waals surface area (Å²) >= 11 is 0. The van der Waals surface area contributed by atoms with Gasteiger partial charge in [-0.1, -0.05) is 34.1 Å². The van der Waals surface area contributed by atoms with Crippen molar-refractivity contribution in [2.75, 3.05) is 6.61 Å². The third kappa shape index (κ3) is 4.08. The molecule has 0 aromatic carbocycles. The van der Waals surface area contributed by atoms with E-state index in [2.05, 4.69) is 31.9 Å². The summed E-state index contributed by atoms with van der Waals surface area (Å²) in [7, 11) is -4.39. The van der Waals surface area contributed by atoms with Crippen LogP contribution in [0.25, 0.3) is 0 Å². The van der Waals surface area contributed by atoms with Crippen LogP contribution in [0.15, 0.2) is 0 Å². The van der Waals surface area contributed by atoms with E-state index < -0.39 is 10.4 Å². The maximum absolute atomic E-state index is 11.7. The first-order chi connectivity index (χ1) is 14.9. The minimum Gasteiger partial charge on any atom is -0.393 e. The number of fused-ring (bicyclic) bond motifs is 5. The van der Waals surface area contributed by atoms with Gasteiger partial charge in [0.05, 0.1) is 18.8 Å². The first kappa shape index (κ1) is 24.9. The summed E-state index contributed by atoms with van der Waals surface area (Å²) < 4.78 is 35.4. The molecule has 4 unspecified atom stereocenters. The van der Waals surface area contributed by atoms with E-state index in [0.29, 0.717) is 41.9 Å². The van der Waals surface area contributed by atoms with E-state index in [0.717, 1.165) is 51.4 Å². The zero-order valence-corrected chi connectivity index (χ0v) is 21.1. The molecule has 4 aliphatic carbocycles. The van der Waals surface area contributed by atoms with Gasteiger partial charge in [0, 0.05) is 0 Å². The first-order valence-electron chi connectivity index (χ1n) is 12.9. The van der Waals surface area contributed by atoms with Gasteiger partial charge in [-0.2, -0.15) is 8.42 Å². The molecule has 0 radical (unpaired) electrons. The van der Waals surface area contributed by atoms with E-state index in [4.69, 9.17) is 4.55 Å². The molecule has 0 saturated heterocycles. The van der Waals surface area contributed by atoms with Crippen molar-refractivity contribution in [3.63, 3.8) is 0 Å². The molecule has 0 aromatic heterocycles. The van der Waals surface area contributed by atoms with Crippen LogP contribution in [0.4, 0.5) is 0 Å². The van der Waals surface area contributed by atoms with Crippen LogP contribution in [0.2, 0.25) is 0 Å². The Morgan fingerprint density at radius 3 is 2.31 bits per heavy atom. The standard InChI is InChI=1S/C25H44O6S/c1-5-17-21-14-16(26)8-11-25(21,4)20-9-12-24(3)18(6-7-19(24)22(20)23(17)27)15(2)10-13-31-32(28,29)30/h15-23,26-27H,5-14H2,1-4H3,(H,28,29,30)/t15-,16-,17-,18?,19?,20?,21+,22?,23-,24-,25-/m1/s1. The van der Waals surface area contributed by atoms with Gasteiger partial charge in [-0.15, -0.1) is 0 Å². The lowest BCUT2D eigenvalue weighted by Crippen LogP contribution is -2.62. The van der Waals surface area contributed by atoms with Crippen molar-refractivity contribution in [3.8, 4) is 0 Å². The number of hydrogen-bond donors (Lipinski definition) is 3. The average Bonchev–Trinajstić information content (AvgIpc) is 3.06. The van der Waals surface area contributed by atoms with E-state index in [9.17, 15) is 18.6 Å². The van der Waals surface area contributed by atoms with Crippen molar-refractivity contribution in [2.24, 2.45) is 52.3 Å². The Kier molecular flexibility index (Phi) is 6.83. The molecular weight excluding hydrogens is 428 g/mol. The molecule has 4 saturated carbocycles. The Morgan fingerprint density at radius 2 is 1.66 bits per heavy atom. The molecule has 0 amide bonds. The molecular formula is C25H44O6S. The second kappa shape index (κ2) is 8.78. The van der Waals surface area contributed by atoms with Gasteiger partial charge in [-0.05, 0) is 104 Å². The predicted molar refractivity (Wildman–Crippen MR) is 123 cm³/mol. The Bertz CT molecular complexity index is 785. The van der Waals surface area contributed by atoms with Crippen LogP contribution in [0.1, 0.15) is 85.5 Å². The van der Waals surface area contributed by atoms with Gasteiger partial charge < -0.3 is 10.2 Å². The van der Waals surface area contributed by atoms with Gasteiger partial charge in [0.15, 0.2) is 0 Å². The highest BCUT2D eigenvalue weighted by molar-refractivity contribution is 7.80. The van der Waals surface area contributed by atoms with Gasteiger partial charge in [-0.3, -0.25) is 4.55 Å². The highest BCUT2D eigenvalue weighted by atomic mass is 32.3. The lowest BCUT2D eigenvalue weighted by molar-refractivity contribution is -0.203. The second-order valence-corrected chi connectivity index (χ2v) is 13.2. The summed E-state index contributed by atoms with van der Waals surface area (Å²) in [4.78, 5) is 0. The summed E-state index contributed by atoms with van der Waals surface area (Å²) in [6.45, 7) is 9.28. The fourth-order valence-electron chi connectivity index (χ4n) is 9.47. The molecule has 32 heavy (non-hydrogen) atoms. The maximum atomic E-state index is 11.7. The average molecular weight is 473 g/mol. The molecule has 6 nitrogen and oxygen atoms in total. The number of hydrogen-bond acceptors (Lipinski definition) is 5. The third-order valence-electron chi connectivity index (χ3n) is 11.0. The molecule has 0 heterocycles. The number of aliphatic hydroxyl groups excluding tert-OH is 2. The first-order valence-corrected chi connectivity index (χ1v) is 14.3. The fourth-order valence-corrected chi connectivity index (χ4v) is 9.78. The van der Waals surface area contributed by atoms with Gasteiger partial charge in [0.25, 0.3) is 0 Å². The Morgan fingerprint density at radius 1 is 1.00 bits per heavy atom. The quantitative estimate of drug-likeness (QED) is 0.493. The molecule has 0 bridgehead atoms. The smallest absolute Gasteiger partial charge is 0.393 e. The minimum absolute atomic E-state index is 0.0198. The molecule has 0 aromatic rings. The van der Waals surface area contributed by atoms with Crippen LogP contribution < -0.4 is 0 Å². The normalized spacial score (nSPS) is 49.7. The van der Waals surface area contributed by atoms with E-state index in [1.54, 1.807) is 0 Å². The fraction of sp³-hybridized carbons (Fsp3) is 1.00. The summed E-state index contributed by atoms with van der Waals surface area (Å²) in [5.74, 6) is 2.78. The lowest BCUT2D eigenvalue weighted by atomic mass is 9.41. The summed E-state index contributed by atoms with van der Waals surface area (Å²) in [5, 5.41) is 22.1. The molecule has 186 valence electrons. The van der Waals surface area contributed by atoms with Crippen molar-refractivity contribution in [2.45, 2.75) is 97.7 Å². The summed E-state index contributed by atoms with van der Waals surface area (Å²) in [6, 6.07) is 0. The maximum Gasteiger partial charge on any atom is 0.397 e. The Labute approximate surface area is 194 Å². The van der Waals surface area contributed by atoms with Crippen LogP contribution in [-0.2, 0) is 14.6 Å². The van der Waals surface area contributed by atoms with Crippen molar-refractivity contribution in [1.29, 1.82) is 0 Å². The van der Waals surface area contributed by atoms with Crippen molar-refractivity contribution in [1.82, 2.24) is 0 Å². The molecule has 3 N–H and O–H groups in total. The van der Waals surface area contributed by atoms with Gasteiger partial charge in [0.2, 0.25) is 0 Å². The van der Waals surface area contributed by atoms with Crippen molar-refractivity contribution >= 4 is 10.4 Å². The molecule has 4 rings (SSSR count). The van der Waals surface area contributed by atoms with E-state index in [1.165, 1.54) is 0 Å². The zero-order chi connectivity index (χ0) is 23.5. The molecule has 4 fully saturated rings. The number of aliphatic hydroxyl groups is 2. The van der Waals surface area contributed by atoms with Crippen molar-refractivity contribution in [3.05, 3.63) is 0 Å². The SMILES string of the molecule is CC[C@H]1[C@@H](O)C2C3CCC([C@H](C)CCOS(=O)(=O)O)[C@@]3(C)CCC2[C@@]2(C)CC[C@@H](O)C[C@@H]12. The molecule has 0 aliphatic heterocycles. The summed E-state index contributed by atoms with van der Waals surface area (Å²) in [6.07, 6.45) is 8.38. The second-order valence-electron chi connectivity index (χ2n) is 12.1. The topological polar surface area (TPSA) is 104 Å². The highest BCUT2D eigenvalue weighted by Crippen LogP contribution is 2.69. The largest absolute Gasteiger partial charge is 0.397 e. The van der Waals surface area contributed by atoms with Crippen LogP contribution in [-0.4, -0.2) is 42.0 Å². The van der Waals surface area contributed by atoms with Crippen LogP contribution in [0.5, 0.6) is 0 Å². The van der Waals surface area contributed by atoms with Crippen LogP contribution >= 0.6 is 0 Å². The van der Waals surface area contributed by atoms with Gasteiger partial charge in [-0.25, -0.2) is 4.18 Å². The molecule has 11 atom stereocenters. The van der Waals surface area contributed by atoms with E-state index >= 15 is 0 Å². The van der Waals surface area contributed by atoms with Gasteiger partial charge in [0.1, 0.15) is 0 Å². The van der Waals surface area contributed by atoms with Crippen LogP contribution in [0, 0.1) is 52.3 Å². The van der Waals surface area contributed by atoms with E-state index in [-0.39, 0.29) is 35.6 Å². The van der Waals surface area contributed by atoms with E-state index in [1.807, 2.05) is 0 Å². The molecule has 0 spiro atoms. The summed E-state index contributed by atoms with van der Waals surface area (Å²) in [5.41, 5.74) is 0.355. The Hall–Kier alpha value is -0.210. The van der Waals surface area contributed by atoms with Crippen molar-refractivity contribution < 1.29 is 27.4 Å². The molecule has 4 aliphatic rings. The molecule has 7 heteroatoms. The van der Waals surface area contributed by atoms with Crippen LogP contribution in [0.3, 0.4) is 0 Å². The lowest BCUT2D eigenvalue weighted by Gasteiger charge is -2.64. The monoisotopic (exact) mass is 472 g/mol. The number of rotatable bonds is 6. The third-order valence-corrected chi connectivity index (χ3v) is 11.4. The van der Waals surface area contributed by atoms with Gasteiger partial charge >= 0.3 is 10.4 Å². The Balaban J connectivity index is 1.56. The minimum atomic E-state index is -4.39. The zero-order valence-electron chi connectivity index (χ0n) is 20.2.